The number of aromatic nitrogens is 6. The maximum Gasteiger partial charge on any atom is 0.311 e. The van der Waals surface area contributed by atoms with Crippen LogP contribution in [0.2, 0.25) is 0 Å². The molecule has 0 aliphatic heterocycles. The summed E-state index contributed by atoms with van der Waals surface area (Å²) in [5, 5.41) is 17.8. The molecule has 10 heteroatoms. The second-order valence-corrected chi connectivity index (χ2v) is 6.46. The van der Waals surface area contributed by atoms with Crippen molar-refractivity contribution < 1.29 is 19.0 Å². The first-order chi connectivity index (χ1) is 14.0. The molecule has 0 saturated carbocycles. The lowest BCUT2D eigenvalue weighted by atomic mass is 10.1. The topological polar surface area (TPSA) is 106 Å². The van der Waals surface area contributed by atoms with Crippen LogP contribution in [-0.4, -0.2) is 56.9 Å². The molecule has 4 rings (SSSR count). The fraction of sp³-hybridized carbons (Fsp3) is 0.316. The van der Waals surface area contributed by atoms with Crippen LogP contribution >= 0.6 is 0 Å². The standard InChI is InChI=1S/C19H20N6O4/c1-10-16(11-6-7-13(27-3)14(8-11)28-4)18-21-20-17-12(9-15(26)29-5)23-24(2)19(17)25(18)22-10/h6-8H,9H2,1-5H3. The fourth-order valence-electron chi connectivity index (χ4n) is 3.41. The number of nitrogens with zero attached hydrogens (tertiary/aromatic N) is 6. The Morgan fingerprint density at radius 2 is 1.83 bits per heavy atom. The van der Waals surface area contributed by atoms with Crippen LogP contribution in [0.4, 0.5) is 0 Å². The molecule has 0 spiro atoms. The predicted molar refractivity (Wildman–Crippen MR) is 104 cm³/mol. The van der Waals surface area contributed by atoms with Crippen LogP contribution in [-0.2, 0) is 23.0 Å². The van der Waals surface area contributed by atoms with Crippen LogP contribution in [0, 0.1) is 6.92 Å². The summed E-state index contributed by atoms with van der Waals surface area (Å²) in [6, 6.07) is 5.63. The number of fused-ring (bicyclic) bond motifs is 3. The molecule has 29 heavy (non-hydrogen) atoms. The summed E-state index contributed by atoms with van der Waals surface area (Å²) >= 11 is 0. The van der Waals surface area contributed by atoms with Gasteiger partial charge < -0.3 is 14.2 Å². The number of benzene rings is 1. The van der Waals surface area contributed by atoms with Crippen LogP contribution in [0.5, 0.6) is 11.5 Å². The van der Waals surface area contributed by atoms with E-state index in [0.29, 0.717) is 34.0 Å². The van der Waals surface area contributed by atoms with Gasteiger partial charge >= 0.3 is 5.97 Å². The lowest BCUT2D eigenvalue weighted by molar-refractivity contribution is -0.139. The Labute approximate surface area is 166 Å². The van der Waals surface area contributed by atoms with Crippen molar-refractivity contribution in [2.45, 2.75) is 13.3 Å². The van der Waals surface area contributed by atoms with E-state index in [4.69, 9.17) is 14.2 Å². The predicted octanol–water partition coefficient (Wildman–Crippen LogP) is 1.72. The number of carbonyl (C=O) groups excluding carboxylic acids is 1. The Bertz CT molecular complexity index is 1240. The molecule has 3 aromatic heterocycles. The van der Waals surface area contributed by atoms with Crippen molar-refractivity contribution in [3.8, 4) is 22.6 Å². The molecule has 0 atom stereocenters. The average molecular weight is 396 g/mol. The smallest absolute Gasteiger partial charge is 0.311 e. The van der Waals surface area contributed by atoms with Gasteiger partial charge in [-0.05, 0) is 24.6 Å². The summed E-state index contributed by atoms with van der Waals surface area (Å²) < 4.78 is 18.8. The Balaban J connectivity index is 1.93. The van der Waals surface area contributed by atoms with Crippen molar-refractivity contribution in [1.29, 1.82) is 0 Å². The summed E-state index contributed by atoms with van der Waals surface area (Å²) in [6.07, 6.45) is 0.0107. The SMILES string of the molecule is COC(=O)Cc1nn(C)c2c1nnc1c(-c3ccc(OC)c(OC)c3)c(C)nn12. The minimum absolute atomic E-state index is 0.0107. The van der Waals surface area contributed by atoms with Crippen LogP contribution < -0.4 is 9.47 Å². The van der Waals surface area contributed by atoms with Gasteiger partial charge in [-0.25, -0.2) is 4.68 Å². The molecule has 0 saturated heterocycles. The van der Waals surface area contributed by atoms with Crippen LogP contribution in [0.3, 0.4) is 0 Å². The first-order valence-electron chi connectivity index (χ1n) is 8.85. The third-order valence-corrected chi connectivity index (χ3v) is 4.76. The Morgan fingerprint density at radius 1 is 1.07 bits per heavy atom. The average Bonchev–Trinajstić information content (AvgIpc) is 3.23. The van der Waals surface area contributed by atoms with Gasteiger partial charge in [0.2, 0.25) is 0 Å². The summed E-state index contributed by atoms with van der Waals surface area (Å²) in [7, 11) is 6.29. The first kappa shape index (κ1) is 18.7. The number of hydrogen-bond donors (Lipinski definition) is 0. The van der Waals surface area contributed by atoms with Crippen molar-refractivity contribution >= 4 is 22.8 Å². The molecule has 1 aromatic carbocycles. The van der Waals surface area contributed by atoms with Crippen molar-refractivity contribution in [3.63, 3.8) is 0 Å². The van der Waals surface area contributed by atoms with E-state index >= 15 is 0 Å². The molecule has 0 aliphatic rings. The quantitative estimate of drug-likeness (QED) is 0.470. The number of hydrogen-bond acceptors (Lipinski definition) is 8. The van der Waals surface area contributed by atoms with Crippen molar-refractivity contribution in [3.05, 3.63) is 29.6 Å². The summed E-state index contributed by atoms with van der Waals surface area (Å²) in [6.45, 7) is 1.90. The summed E-state index contributed by atoms with van der Waals surface area (Å²) in [5.74, 6) is 0.853. The molecule has 0 N–H and O–H groups in total. The van der Waals surface area contributed by atoms with Gasteiger partial charge in [-0.2, -0.15) is 14.7 Å². The van der Waals surface area contributed by atoms with Gasteiger partial charge in [0.15, 0.2) is 28.3 Å². The molecule has 0 fully saturated rings. The third kappa shape index (κ3) is 2.93. The second kappa shape index (κ2) is 7.04. The van der Waals surface area contributed by atoms with Gasteiger partial charge in [-0.15, -0.1) is 10.2 Å². The van der Waals surface area contributed by atoms with Gasteiger partial charge in [-0.3, -0.25) is 4.79 Å². The van der Waals surface area contributed by atoms with Gasteiger partial charge in [0.25, 0.3) is 0 Å². The lowest BCUT2D eigenvalue weighted by Gasteiger charge is -2.09. The van der Waals surface area contributed by atoms with Crippen LogP contribution in [0.15, 0.2) is 18.2 Å². The van der Waals surface area contributed by atoms with E-state index in [-0.39, 0.29) is 6.42 Å². The Kier molecular flexibility index (Phi) is 4.53. The number of esters is 1. The fourth-order valence-corrected chi connectivity index (χ4v) is 3.41. The Morgan fingerprint density at radius 3 is 2.52 bits per heavy atom. The van der Waals surface area contributed by atoms with E-state index in [9.17, 15) is 4.79 Å². The highest BCUT2D eigenvalue weighted by molar-refractivity contribution is 5.86. The van der Waals surface area contributed by atoms with E-state index in [0.717, 1.165) is 16.8 Å². The maximum absolute atomic E-state index is 11.7. The molecule has 0 unspecified atom stereocenters. The highest BCUT2D eigenvalue weighted by atomic mass is 16.5. The van der Waals surface area contributed by atoms with Crippen molar-refractivity contribution in [1.82, 2.24) is 29.6 Å². The van der Waals surface area contributed by atoms with Crippen LogP contribution in [0.1, 0.15) is 11.4 Å². The van der Waals surface area contributed by atoms with Crippen molar-refractivity contribution in [2.75, 3.05) is 21.3 Å². The van der Waals surface area contributed by atoms with Gasteiger partial charge in [0, 0.05) is 7.05 Å². The molecule has 0 radical (unpaired) electrons. The molecule has 0 aliphatic carbocycles. The second-order valence-electron chi connectivity index (χ2n) is 6.46. The number of carbonyl (C=O) groups is 1. The highest BCUT2D eigenvalue weighted by Gasteiger charge is 2.22. The molecular formula is C19H20N6O4. The summed E-state index contributed by atoms with van der Waals surface area (Å²) in [4.78, 5) is 11.7. The molecule has 150 valence electrons. The number of ether oxygens (including phenoxy) is 3. The Hall–Kier alpha value is -3.69. The minimum atomic E-state index is -0.394. The maximum atomic E-state index is 11.7. The third-order valence-electron chi connectivity index (χ3n) is 4.76. The number of aryl methyl sites for hydroxylation is 2. The van der Waals surface area contributed by atoms with Crippen molar-refractivity contribution in [2.24, 2.45) is 7.05 Å². The highest BCUT2D eigenvalue weighted by Crippen LogP contribution is 2.35. The lowest BCUT2D eigenvalue weighted by Crippen LogP contribution is -2.06. The van der Waals surface area contributed by atoms with E-state index in [1.165, 1.54) is 7.11 Å². The molecule has 0 bridgehead atoms. The normalized spacial score (nSPS) is 11.2. The largest absolute Gasteiger partial charge is 0.493 e. The van der Waals surface area contributed by atoms with Gasteiger partial charge in [0.05, 0.1) is 39.0 Å². The monoisotopic (exact) mass is 396 g/mol. The molecule has 10 nitrogen and oxygen atoms in total. The van der Waals surface area contributed by atoms with E-state index in [1.54, 1.807) is 30.5 Å². The van der Waals surface area contributed by atoms with E-state index in [2.05, 4.69) is 20.4 Å². The minimum Gasteiger partial charge on any atom is -0.493 e. The van der Waals surface area contributed by atoms with Gasteiger partial charge in [0.1, 0.15) is 5.69 Å². The molecule has 0 amide bonds. The molecule has 3 heterocycles. The summed E-state index contributed by atoms with van der Waals surface area (Å²) in [5.41, 5.74) is 4.70. The zero-order valence-corrected chi connectivity index (χ0v) is 16.8. The first-order valence-corrected chi connectivity index (χ1v) is 8.85. The van der Waals surface area contributed by atoms with Crippen LogP contribution in [0.25, 0.3) is 27.9 Å². The number of methoxy groups -OCH3 is 3. The molecule has 4 aromatic rings. The molecular weight excluding hydrogens is 376 g/mol. The van der Waals surface area contributed by atoms with E-state index in [1.807, 2.05) is 25.1 Å². The number of rotatable bonds is 5. The van der Waals surface area contributed by atoms with Gasteiger partial charge in [-0.1, -0.05) is 6.07 Å². The zero-order valence-electron chi connectivity index (χ0n) is 16.8. The zero-order chi connectivity index (χ0) is 20.7. The van der Waals surface area contributed by atoms with E-state index < -0.39 is 5.97 Å².